The third-order valence-corrected chi connectivity index (χ3v) is 2.49. The van der Waals surface area contributed by atoms with Crippen LogP contribution in [0.2, 0.25) is 0 Å². The Hall–Kier alpha value is -2.06. The van der Waals surface area contributed by atoms with Crippen LogP contribution in [-0.4, -0.2) is 37.7 Å². The van der Waals surface area contributed by atoms with Gasteiger partial charge < -0.3 is 0 Å². The SMILES string of the molecule is CSc1nc(/N=C/NO)nc(-c2cccnc2)n1. The summed E-state index contributed by atoms with van der Waals surface area (Å²) in [4.78, 5) is 20.4. The highest BCUT2D eigenvalue weighted by molar-refractivity contribution is 7.98. The Balaban J connectivity index is 2.44. The summed E-state index contributed by atoms with van der Waals surface area (Å²) in [5.41, 5.74) is 2.58. The third-order valence-electron chi connectivity index (χ3n) is 1.94. The highest BCUT2D eigenvalue weighted by Gasteiger charge is 2.07. The van der Waals surface area contributed by atoms with Gasteiger partial charge in [-0.25, -0.2) is 4.98 Å². The van der Waals surface area contributed by atoms with Crippen molar-refractivity contribution in [2.75, 3.05) is 6.26 Å². The van der Waals surface area contributed by atoms with Crippen molar-refractivity contribution in [1.82, 2.24) is 25.4 Å². The van der Waals surface area contributed by atoms with Gasteiger partial charge in [0.1, 0.15) is 6.34 Å². The summed E-state index contributed by atoms with van der Waals surface area (Å²) in [6, 6.07) is 3.65. The molecule has 0 bridgehead atoms. The van der Waals surface area contributed by atoms with E-state index in [4.69, 9.17) is 5.21 Å². The Kier molecular flexibility index (Phi) is 4.15. The molecule has 0 unspecified atom stereocenters. The summed E-state index contributed by atoms with van der Waals surface area (Å²) in [5, 5.41) is 9.00. The molecular formula is C10H10N6OS. The van der Waals surface area contributed by atoms with Crippen molar-refractivity contribution in [2.45, 2.75) is 5.16 Å². The van der Waals surface area contributed by atoms with Crippen molar-refractivity contribution in [3.63, 3.8) is 0 Å². The molecule has 2 rings (SSSR count). The average molecular weight is 262 g/mol. The van der Waals surface area contributed by atoms with Crippen molar-refractivity contribution < 1.29 is 5.21 Å². The molecule has 0 saturated heterocycles. The second-order valence-electron chi connectivity index (χ2n) is 3.07. The average Bonchev–Trinajstić information content (AvgIpc) is 2.45. The number of hydrogen-bond acceptors (Lipinski definition) is 7. The standard InChI is InChI=1S/C10H10N6OS/c1-18-10-15-8(7-3-2-4-11-5-7)14-9(16-10)12-6-13-17/h2-6,17H,1H3,(H,12,13,14,15,16). The molecule has 0 aromatic carbocycles. The molecule has 0 atom stereocenters. The predicted molar refractivity (Wildman–Crippen MR) is 67.9 cm³/mol. The minimum Gasteiger partial charge on any atom is -0.290 e. The fourth-order valence-corrected chi connectivity index (χ4v) is 1.56. The van der Waals surface area contributed by atoms with Crippen molar-refractivity contribution in [3.05, 3.63) is 24.5 Å². The minimum atomic E-state index is 0.217. The molecule has 0 radical (unpaired) electrons. The van der Waals surface area contributed by atoms with Crippen molar-refractivity contribution in [1.29, 1.82) is 0 Å². The lowest BCUT2D eigenvalue weighted by Crippen LogP contribution is -2.02. The van der Waals surface area contributed by atoms with Crippen LogP contribution in [0.4, 0.5) is 5.95 Å². The van der Waals surface area contributed by atoms with Gasteiger partial charge in [0.05, 0.1) is 0 Å². The molecule has 2 aromatic rings. The smallest absolute Gasteiger partial charge is 0.255 e. The minimum absolute atomic E-state index is 0.217. The first-order valence-electron chi connectivity index (χ1n) is 4.96. The van der Waals surface area contributed by atoms with E-state index < -0.39 is 0 Å². The number of nitrogens with zero attached hydrogens (tertiary/aromatic N) is 5. The summed E-state index contributed by atoms with van der Waals surface area (Å²) in [6.07, 6.45) is 6.29. The molecular weight excluding hydrogens is 252 g/mol. The quantitative estimate of drug-likeness (QED) is 0.371. The fraction of sp³-hybridized carbons (Fsp3) is 0.100. The Morgan fingerprint density at radius 1 is 1.39 bits per heavy atom. The number of hydrogen-bond donors (Lipinski definition) is 2. The van der Waals surface area contributed by atoms with Crippen LogP contribution in [0, 0.1) is 0 Å². The first-order chi connectivity index (χ1) is 8.83. The second-order valence-corrected chi connectivity index (χ2v) is 3.85. The molecule has 2 heterocycles. The predicted octanol–water partition coefficient (Wildman–Crippen LogP) is 1.29. The molecule has 8 heteroatoms. The largest absolute Gasteiger partial charge is 0.290 e. The van der Waals surface area contributed by atoms with E-state index in [1.165, 1.54) is 11.8 Å². The summed E-state index contributed by atoms with van der Waals surface area (Å²) in [5.74, 6) is 0.710. The van der Waals surface area contributed by atoms with E-state index in [2.05, 4.69) is 24.9 Å². The van der Waals surface area contributed by atoms with E-state index in [0.29, 0.717) is 11.0 Å². The highest BCUT2D eigenvalue weighted by Crippen LogP contribution is 2.19. The van der Waals surface area contributed by atoms with Gasteiger partial charge >= 0.3 is 0 Å². The van der Waals surface area contributed by atoms with E-state index in [1.54, 1.807) is 23.9 Å². The molecule has 0 aliphatic heterocycles. The van der Waals surface area contributed by atoms with Gasteiger partial charge in [-0.1, -0.05) is 11.8 Å². The van der Waals surface area contributed by atoms with Gasteiger partial charge in [-0.15, -0.1) is 0 Å². The lowest BCUT2D eigenvalue weighted by molar-refractivity contribution is 0.240. The number of nitrogens with one attached hydrogen (secondary N) is 1. The maximum atomic E-state index is 8.45. The molecule has 2 N–H and O–H groups in total. The number of hydroxylamine groups is 1. The van der Waals surface area contributed by atoms with E-state index in [1.807, 2.05) is 12.3 Å². The Morgan fingerprint density at radius 2 is 2.28 bits per heavy atom. The summed E-state index contributed by atoms with van der Waals surface area (Å²) in [7, 11) is 0. The van der Waals surface area contributed by atoms with Crippen LogP contribution >= 0.6 is 11.8 Å². The molecule has 0 aliphatic rings. The van der Waals surface area contributed by atoms with Gasteiger partial charge in [0.2, 0.25) is 0 Å². The topological polar surface area (TPSA) is 96.2 Å². The van der Waals surface area contributed by atoms with Crippen LogP contribution in [0.25, 0.3) is 11.4 Å². The van der Waals surface area contributed by atoms with Crippen LogP contribution in [0.3, 0.4) is 0 Å². The Bertz CT molecular complexity index is 547. The third kappa shape index (κ3) is 2.99. The molecule has 18 heavy (non-hydrogen) atoms. The summed E-state index contributed by atoms with van der Waals surface area (Å²) >= 11 is 1.39. The Labute approximate surface area is 107 Å². The van der Waals surface area contributed by atoms with E-state index in [-0.39, 0.29) is 5.95 Å². The molecule has 0 amide bonds. The number of thioether (sulfide) groups is 1. The lowest BCUT2D eigenvalue weighted by Gasteiger charge is -2.02. The molecule has 0 saturated carbocycles. The summed E-state index contributed by atoms with van der Waals surface area (Å²) in [6.45, 7) is 0. The van der Waals surface area contributed by atoms with Crippen molar-refractivity contribution in [2.24, 2.45) is 4.99 Å². The van der Waals surface area contributed by atoms with Crippen LogP contribution in [0.1, 0.15) is 0 Å². The second kappa shape index (κ2) is 6.03. The monoisotopic (exact) mass is 262 g/mol. The van der Waals surface area contributed by atoms with Crippen LogP contribution in [0.15, 0.2) is 34.7 Å². The van der Waals surface area contributed by atoms with Crippen molar-refractivity contribution >= 4 is 24.0 Å². The van der Waals surface area contributed by atoms with Crippen LogP contribution < -0.4 is 5.48 Å². The van der Waals surface area contributed by atoms with Crippen LogP contribution in [0.5, 0.6) is 0 Å². The van der Waals surface area contributed by atoms with Gasteiger partial charge in [-0.2, -0.15) is 15.0 Å². The highest BCUT2D eigenvalue weighted by atomic mass is 32.2. The molecule has 0 aliphatic carbocycles. The first-order valence-corrected chi connectivity index (χ1v) is 6.18. The van der Waals surface area contributed by atoms with E-state index in [0.717, 1.165) is 11.9 Å². The number of aliphatic imine (C=N–C) groups is 1. The normalized spacial score (nSPS) is 10.8. The first kappa shape index (κ1) is 12.4. The number of pyridine rings is 1. The van der Waals surface area contributed by atoms with Gasteiger partial charge in [-0.3, -0.25) is 15.7 Å². The maximum absolute atomic E-state index is 8.45. The molecule has 2 aromatic heterocycles. The fourth-order valence-electron chi connectivity index (χ4n) is 1.21. The van der Waals surface area contributed by atoms with E-state index >= 15 is 0 Å². The zero-order valence-electron chi connectivity index (χ0n) is 9.48. The summed E-state index contributed by atoms with van der Waals surface area (Å²) < 4.78 is 0. The lowest BCUT2D eigenvalue weighted by atomic mass is 10.3. The van der Waals surface area contributed by atoms with Crippen LogP contribution in [-0.2, 0) is 0 Å². The number of rotatable bonds is 4. The zero-order valence-corrected chi connectivity index (χ0v) is 10.3. The maximum Gasteiger partial charge on any atom is 0.255 e. The van der Waals surface area contributed by atoms with E-state index in [9.17, 15) is 0 Å². The molecule has 0 fully saturated rings. The molecule has 0 spiro atoms. The van der Waals surface area contributed by atoms with Gasteiger partial charge in [0.25, 0.3) is 5.95 Å². The van der Waals surface area contributed by atoms with Gasteiger partial charge in [0.15, 0.2) is 11.0 Å². The Morgan fingerprint density at radius 3 is 2.94 bits per heavy atom. The number of aromatic nitrogens is 4. The van der Waals surface area contributed by atoms with Gasteiger partial charge in [-0.05, 0) is 18.4 Å². The van der Waals surface area contributed by atoms with Gasteiger partial charge in [0, 0.05) is 18.0 Å². The van der Waals surface area contributed by atoms with Crippen molar-refractivity contribution in [3.8, 4) is 11.4 Å². The molecule has 92 valence electrons. The zero-order chi connectivity index (χ0) is 12.8. The molecule has 7 nitrogen and oxygen atoms in total.